The number of hydrogen-bond donors (Lipinski definition) is 1. The summed E-state index contributed by atoms with van der Waals surface area (Å²) in [5.74, 6) is 2.27. The van der Waals surface area contributed by atoms with Crippen LogP contribution >= 0.6 is 11.8 Å². The predicted molar refractivity (Wildman–Crippen MR) is 89.8 cm³/mol. The monoisotopic (exact) mass is 292 g/mol. The standard InChI is InChI=1S/C17H28N2S/c1-14(12-20-13-17-10-5-4-6-11-17)18-19-15(2)8-7-9-16(19)3/h4-6,10-11,14-16,18H,7-9,12-13H2,1-3H3. The average Bonchev–Trinajstić information content (AvgIpc) is 2.44. The fraction of sp³-hybridized carbons (Fsp3) is 0.647. The number of thioether (sulfide) groups is 1. The molecule has 1 N–H and O–H groups in total. The molecule has 2 rings (SSSR count). The maximum Gasteiger partial charge on any atom is 0.0277 e. The summed E-state index contributed by atoms with van der Waals surface area (Å²) >= 11 is 2.02. The van der Waals surface area contributed by atoms with Crippen molar-refractivity contribution in [2.24, 2.45) is 0 Å². The average molecular weight is 292 g/mol. The zero-order chi connectivity index (χ0) is 14.4. The van der Waals surface area contributed by atoms with Crippen molar-refractivity contribution in [1.29, 1.82) is 0 Å². The van der Waals surface area contributed by atoms with Gasteiger partial charge in [0.05, 0.1) is 0 Å². The van der Waals surface area contributed by atoms with Crippen LogP contribution in [0.15, 0.2) is 30.3 Å². The lowest BCUT2D eigenvalue weighted by molar-refractivity contribution is 0.0358. The van der Waals surface area contributed by atoms with Crippen LogP contribution in [0.5, 0.6) is 0 Å². The molecule has 1 aliphatic heterocycles. The summed E-state index contributed by atoms with van der Waals surface area (Å²) in [5.41, 5.74) is 5.14. The van der Waals surface area contributed by atoms with Gasteiger partial charge in [0.2, 0.25) is 0 Å². The molecule has 0 bridgehead atoms. The van der Waals surface area contributed by atoms with Crippen molar-refractivity contribution in [3.63, 3.8) is 0 Å². The Morgan fingerprint density at radius 1 is 1.20 bits per heavy atom. The Balaban J connectivity index is 1.70. The molecular formula is C17H28N2S. The van der Waals surface area contributed by atoms with Crippen LogP contribution in [0.25, 0.3) is 0 Å². The van der Waals surface area contributed by atoms with E-state index in [2.05, 4.69) is 61.5 Å². The number of hydrazine groups is 1. The topological polar surface area (TPSA) is 15.3 Å². The zero-order valence-corrected chi connectivity index (χ0v) is 13.8. The maximum absolute atomic E-state index is 3.72. The van der Waals surface area contributed by atoms with E-state index in [9.17, 15) is 0 Å². The number of benzene rings is 1. The van der Waals surface area contributed by atoms with Gasteiger partial charge in [-0.1, -0.05) is 36.8 Å². The van der Waals surface area contributed by atoms with Gasteiger partial charge in [-0.25, -0.2) is 5.01 Å². The van der Waals surface area contributed by atoms with Crippen molar-refractivity contribution in [3.05, 3.63) is 35.9 Å². The van der Waals surface area contributed by atoms with Crippen molar-refractivity contribution in [2.75, 3.05) is 5.75 Å². The molecule has 0 spiro atoms. The minimum atomic E-state index is 0.534. The van der Waals surface area contributed by atoms with Gasteiger partial charge in [-0.3, -0.25) is 5.43 Å². The lowest BCUT2D eigenvalue weighted by atomic mass is 10.00. The molecule has 0 amide bonds. The molecule has 20 heavy (non-hydrogen) atoms. The van der Waals surface area contributed by atoms with E-state index < -0.39 is 0 Å². The van der Waals surface area contributed by atoms with Crippen LogP contribution in [-0.2, 0) is 5.75 Å². The number of nitrogens with one attached hydrogen (secondary N) is 1. The van der Waals surface area contributed by atoms with E-state index in [0.29, 0.717) is 18.1 Å². The highest BCUT2D eigenvalue weighted by molar-refractivity contribution is 7.98. The van der Waals surface area contributed by atoms with Crippen molar-refractivity contribution < 1.29 is 0 Å². The van der Waals surface area contributed by atoms with E-state index in [1.54, 1.807) is 0 Å². The lowest BCUT2D eigenvalue weighted by Gasteiger charge is -2.40. The van der Waals surface area contributed by atoms with E-state index in [0.717, 1.165) is 11.5 Å². The molecule has 3 unspecified atom stereocenters. The molecule has 0 radical (unpaired) electrons. The third-order valence-corrected chi connectivity index (χ3v) is 5.32. The van der Waals surface area contributed by atoms with Gasteiger partial charge in [-0.2, -0.15) is 11.8 Å². The van der Waals surface area contributed by atoms with Gasteiger partial charge < -0.3 is 0 Å². The van der Waals surface area contributed by atoms with Gasteiger partial charge in [0.15, 0.2) is 0 Å². The second-order valence-corrected chi connectivity index (χ2v) is 7.10. The Morgan fingerprint density at radius 3 is 2.50 bits per heavy atom. The summed E-state index contributed by atoms with van der Waals surface area (Å²) in [6.07, 6.45) is 4.01. The van der Waals surface area contributed by atoms with E-state index in [1.807, 2.05) is 11.8 Å². The third kappa shape index (κ3) is 4.80. The molecule has 0 aliphatic carbocycles. The summed E-state index contributed by atoms with van der Waals surface area (Å²) < 4.78 is 0. The van der Waals surface area contributed by atoms with Crippen molar-refractivity contribution in [2.45, 2.75) is 63.9 Å². The van der Waals surface area contributed by atoms with Crippen LogP contribution in [0.1, 0.15) is 45.6 Å². The van der Waals surface area contributed by atoms with E-state index >= 15 is 0 Å². The van der Waals surface area contributed by atoms with Crippen molar-refractivity contribution in [1.82, 2.24) is 10.4 Å². The minimum absolute atomic E-state index is 0.534. The zero-order valence-electron chi connectivity index (χ0n) is 13.0. The van der Waals surface area contributed by atoms with E-state index in [-0.39, 0.29) is 0 Å². The number of nitrogens with zero attached hydrogens (tertiary/aromatic N) is 1. The molecule has 1 aliphatic rings. The molecule has 3 atom stereocenters. The second kappa shape index (κ2) is 8.06. The summed E-state index contributed by atoms with van der Waals surface area (Å²) in [6, 6.07) is 12.6. The van der Waals surface area contributed by atoms with Gasteiger partial charge in [0.25, 0.3) is 0 Å². The molecule has 0 saturated carbocycles. The molecule has 1 fully saturated rings. The van der Waals surface area contributed by atoms with Crippen molar-refractivity contribution in [3.8, 4) is 0 Å². The first-order chi connectivity index (χ1) is 9.66. The lowest BCUT2D eigenvalue weighted by Crippen LogP contribution is -2.55. The highest BCUT2D eigenvalue weighted by Crippen LogP contribution is 2.21. The highest BCUT2D eigenvalue weighted by atomic mass is 32.2. The Hall–Kier alpha value is -0.510. The van der Waals surface area contributed by atoms with E-state index in [1.165, 1.54) is 24.8 Å². The summed E-state index contributed by atoms with van der Waals surface area (Å²) in [6.45, 7) is 6.98. The van der Waals surface area contributed by atoms with Gasteiger partial charge in [-0.05, 0) is 39.2 Å². The van der Waals surface area contributed by atoms with Gasteiger partial charge in [0.1, 0.15) is 0 Å². The predicted octanol–water partition coefficient (Wildman–Crippen LogP) is 4.08. The molecule has 112 valence electrons. The van der Waals surface area contributed by atoms with Gasteiger partial charge in [-0.15, -0.1) is 0 Å². The van der Waals surface area contributed by atoms with Crippen LogP contribution in [-0.4, -0.2) is 28.9 Å². The maximum atomic E-state index is 3.72. The van der Waals surface area contributed by atoms with Crippen LogP contribution in [0.2, 0.25) is 0 Å². The van der Waals surface area contributed by atoms with Crippen LogP contribution in [0.3, 0.4) is 0 Å². The fourth-order valence-electron chi connectivity index (χ4n) is 2.90. The summed E-state index contributed by atoms with van der Waals surface area (Å²) in [7, 11) is 0. The van der Waals surface area contributed by atoms with Crippen LogP contribution in [0, 0.1) is 0 Å². The Labute approximate surface area is 128 Å². The molecule has 2 nitrogen and oxygen atoms in total. The van der Waals surface area contributed by atoms with Crippen LogP contribution < -0.4 is 5.43 Å². The van der Waals surface area contributed by atoms with E-state index in [4.69, 9.17) is 0 Å². The Bertz CT molecular complexity index is 372. The van der Waals surface area contributed by atoms with Crippen LogP contribution in [0.4, 0.5) is 0 Å². The first-order valence-corrected chi connectivity index (χ1v) is 8.98. The number of hydrogen-bond acceptors (Lipinski definition) is 3. The first-order valence-electron chi connectivity index (χ1n) is 7.83. The number of piperidine rings is 1. The molecular weight excluding hydrogens is 264 g/mol. The Kier molecular flexibility index (Phi) is 6.40. The molecule has 0 aromatic heterocycles. The largest absolute Gasteiger partial charge is 0.251 e. The highest BCUT2D eigenvalue weighted by Gasteiger charge is 2.25. The first kappa shape index (κ1) is 15.9. The smallest absolute Gasteiger partial charge is 0.0277 e. The fourth-order valence-corrected chi connectivity index (χ4v) is 3.87. The summed E-state index contributed by atoms with van der Waals surface area (Å²) in [4.78, 5) is 0. The number of rotatable bonds is 6. The normalized spacial score (nSPS) is 25.6. The Morgan fingerprint density at radius 2 is 1.85 bits per heavy atom. The molecule has 1 saturated heterocycles. The molecule has 1 aromatic rings. The quantitative estimate of drug-likeness (QED) is 0.850. The minimum Gasteiger partial charge on any atom is -0.251 e. The molecule has 1 aromatic carbocycles. The van der Waals surface area contributed by atoms with Crippen molar-refractivity contribution >= 4 is 11.8 Å². The van der Waals surface area contributed by atoms with Gasteiger partial charge in [0, 0.05) is 29.6 Å². The second-order valence-electron chi connectivity index (χ2n) is 6.07. The summed E-state index contributed by atoms with van der Waals surface area (Å²) in [5, 5.41) is 2.48. The SMILES string of the molecule is CC(CSCc1ccccc1)NN1C(C)CCCC1C. The molecule has 3 heteroatoms. The molecule has 1 heterocycles. The van der Waals surface area contributed by atoms with Gasteiger partial charge >= 0.3 is 0 Å². The third-order valence-electron chi connectivity index (χ3n) is 4.04.